The molecule has 29 heavy (non-hydrogen) atoms. The van der Waals surface area contributed by atoms with E-state index in [9.17, 15) is 18.0 Å². The average molecular weight is 409 g/mol. The molecule has 0 bridgehead atoms. The van der Waals surface area contributed by atoms with Gasteiger partial charge in [-0.3, -0.25) is 4.79 Å². The zero-order valence-electron chi connectivity index (χ0n) is 16.2. The van der Waals surface area contributed by atoms with Crippen LogP contribution in [0.4, 0.5) is 30.6 Å². The Labute approximate surface area is 166 Å². The summed E-state index contributed by atoms with van der Waals surface area (Å²) >= 11 is 0. The van der Waals surface area contributed by atoms with Gasteiger partial charge in [0.25, 0.3) is 5.91 Å². The molecule has 156 valence electrons. The molecule has 1 aromatic carbocycles. The Kier molecular flexibility index (Phi) is 6.09. The Bertz CT molecular complexity index is 850. The minimum Gasteiger partial charge on any atom is -0.406 e. The molecule has 2 aromatic rings. The number of amides is 1. The van der Waals surface area contributed by atoms with Crippen LogP contribution < -0.4 is 19.9 Å². The molecule has 1 aromatic heterocycles. The van der Waals surface area contributed by atoms with Crippen LogP contribution >= 0.6 is 0 Å². The maximum Gasteiger partial charge on any atom is 0.573 e. The van der Waals surface area contributed by atoms with E-state index in [1.807, 2.05) is 0 Å². The van der Waals surface area contributed by atoms with Gasteiger partial charge in [0.1, 0.15) is 11.4 Å². The molecule has 1 amide bonds. The molecule has 0 saturated carbocycles. The summed E-state index contributed by atoms with van der Waals surface area (Å²) in [6.07, 6.45) is 0.140. The van der Waals surface area contributed by atoms with Crippen LogP contribution in [-0.4, -0.2) is 49.4 Å². The summed E-state index contributed by atoms with van der Waals surface area (Å²) in [5, 5.41) is 2.72. The first-order valence-electron chi connectivity index (χ1n) is 9.19. The van der Waals surface area contributed by atoms with Crippen LogP contribution in [0.1, 0.15) is 29.6 Å². The van der Waals surface area contributed by atoms with Crippen LogP contribution in [0.25, 0.3) is 0 Å². The largest absolute Gasteiger partial charge is 0.573 e. The van der Waals surface area contributed by atoms with E-state index in [-0.39, 0.29) is 5.56 Å². The molecule has 0 unspecified atom stereocenters. The lowest BCUT2D eigenvalue weighted by molar-refractivity contribution is -0.274. The summed E-state index contributed by atoms with van der Waals surface area (Å²) in [6, 6.07) is 4.69. The third kappa shape index (κ3) is 5.49. The van der Waals surface area contributed by atoms with E-state index in [0.717, 1.165) is 38.1 Å². The van der Waals surface area contributed by atoms with Crippen molar-refractivity contribution in [1.82, 2.24) is 9.97 Å². The number of alkyl halides is 3. The Morgan fingerprint density at radius 2 is 1.79 bits per heavy atom. The number of hydrogen-bond acceptors (Lipinski definition) is 6. The van der Waals surface area contributed by atoms with Crippen LogP contribution in [0.5, 0.6) is 5.75 Å². The van der Waals surface area contributed by atoms with Gasteiger partial charge in [-0.1, -0.05) is 0 Å². The zero-order chi connectivity index (χ0) is 21.0. The predicted molar refractivity (Wildman–Crippen MR) is 104 cm³/mol. The fourth-order valence-electron chi connectivity index (χ4n) is 3.04. The first-order valence-corrected chi connectivity index (χ1v) is 9.19. The van der Waals surface area contributed by atoms with Crippen molar-refractivity contribution in [3.63, 3.8) is 0 Å². The van der Waals surface area contributed by atoms with Gasteiger partial charge >= 0.3 is 6.36 Å². The first-order chi connectivity index (χ1) is 13.7. The number of halogens is 3. The van der Waals surface area contributed by atoms with Gasteiger partial charge in [0, 0.05) is 32.7 Å². The number of carbonyl (C=O) groups is 1. The summed E-state index contributed by atoms with van der Waals surface area (Å²) in [5.41, 5.74) is 0.598. The van der Waals surface area contributed by atoms with E-state index in [2.05, 4.69) is 24.9 Å². The molecule has 0 atom stereocenters. The Morgan fingerprint density at radius 1 is 1.14 bits per heavy atom. The van der Waals surface area contributed by atoms with E-state index in [1.165, 1.54) is 18.6 Å². The van der Waals surface area contributed by atoms with Crippen molar-refractivity contribution in [2.75, 3.05) is 42.3 Å². The van der Waals surface area contributed by atoms with E-state index >= 15 is 0 Å². The van der Waals surface area contributed by atoms with Gasteiger partial charge < -0.3 is 19.9 Å². The highest BCUT2D eigenvalue weighted by Crippen LogP contribution is 2.26. The maximum absolute atomic E-state index is 12.5. The van der Waals surface area contributed by atoms with E-state index in [0.29, 0.717) is 17.5 Å². The maximum atomic E-state index is 12.5. The molecule has 1 aliphatic heterocycles. The number of aromatic nitrogens is 2. The molecule has 2 heterocycles. The second kappa shape index (κ2) is 8.54. The highest BCUT2D eigenvalue weighted by molar-refractivity contribution is 6.05. The van der Waals surface area contributed by atoms with E-state index in [1.54, 1.807) is 25.2 Å². The van der Waals surface area contributed by atoms with E-state index in [4.69, 9.17) is 0 Å². The van der Waals surface area contributed by atoms with E-state index < -0.39 is 18.0 Å². The summed E-state index contributed by atoms with van der Waals surface area (Å²) in [5.74, 6) is 0.282. The van der Waals surface area contributed by atoms with Crippen LogP contribution in [0, 0.1) is 0 Å². The lowest BCUT2D eigenvalue weighted by Gasteiger charge is -2.28. The van der Waals surface area contributed by atoms with Crippen molar-refractivity contribution in [2.45, 2.75) is 25.6 Å². The lowest BCUT2D eigenvalue weighted by atomic mass is 10.1. The Hall–Kier alpha value is -3.04. The number of anilines is 3. The molecule has 3 rings (SSSR count). The Morgan fingerprint density at radius 3 is 2.38 bits per heavy atom. The van der Waals surface area contributed by atoms with Crippen molar-refractivity contribution >= 4 is 23.4 Å². The normalized spacial score (nSPS) is 14.4. The monoisotopic (exact) mass is 409 g/mol. The van der Waals surface area contributed by atoms with Crippen LogP contribution in [0.3, 0.4) is 0 Å². The van der Waals surface area contributed by atoms with Crippen molar-refractivity contribution in [2.24, 2.45) is 0 Å². The topological polar surface area (TPSA) is 70.6 Å². The van der Waals surface area contributed by atoms with Gasteiger partial charge in [0.05, 0.1) is 6.20 Å². The number of nitrogens with zero attached hydrogens (tertiary/aromatic N) is 4. The Balaban J connectivity index is 1.75. The highest BCUT2D eigenvalue weighted by atomic mass is 19.4. The van der Waals surface area contributed by atoms with Crippen molar-refractivity contribution in [1.29, 1.82) is 0 Å². The van der Waals surface area contributed by atoms with Gasteiger partial charge in [-0.05, 0) is 43.5 Å². The first kappa shape index (κ1) is 20.7. The number of rotatable bonds is 5. The molecule has 0 radical (unpaired) electrons. The summed E-state index contributed by atoms with van der Waals surface area (Å²) < 4.78 is 40.6. The van der Waals surface area contributed by atoms with Gasteiger partial charge in [-0.25, -0.2) is 4.98 Å². The number of ether oxygens (including phenoxy) is 1. The number of piperidine rings is 1. The predicted octanol–water partition coefficient (Wildman–Crippen LogP) is 3.68. The van der Waals surface area contributed by atoms with Gasteiger partial charge in [-0.15, -0.1) is 13.2 Å². The van der Waals surface area contributed by atoms with Gasteiger partial charge in [0.15, 0.2) is 5.82 Å². The second-order valence-corrected chi connectivity index (χ2v) is 6.88. The highest BCUT2D eigenvalue weighted by Gasteiger charge is 2.31. The van der Waals surface area contributed by atoms with Gasteiger partial charge in [0.2, 0.25) is 5.95 Å². The smallest absolute Gasteiger partial charge is 0.406 e. The molecule has 0 spiro atoms. The second-order valence-electron chi connectivity index (χ2n) is 6.88. The fourth-order valence-corrected chi connectivity index (χ4v) is 3.04. The lowest BCUT2D eigenvalue weighted by Crippen LogP contribution is -2.31. The number of benzene rings is 1. The van der Waals surface area contributed by atoms with Crippen LogP contribution in [0.2, 0.25) is 0 Å². The van der Waals surface area contributed by atoms with Crippen molar-refractivity contribution in [3.8, 4) is 5.75 Å². The summed E-state index contributed by atoms with van der Waals surface area (Å²) in [4.78, 5) is 25.3. The minimum absolute atomic E-state index is 0.185. The van der Waals surface area contributed by atoms with Crippen LogP contribution in [-0.2, 0) is 0 Å². The molecule has 1 aliphatic rings. The summed E-state index contributed by atoms with van der Waals surface area (Å²) in [6.45, 7) is 1.79. The molecule has 10 heteroatoms. The molecule has 7 nitrogen and oxygen atoms in total. The molecular weight excluding hydrogens is 387 g/mol. The number of hydrogen-bond donors (Lipinski definition) is 1. The third-order valence-electron chi connectivity index (χ3n) is 4.42. The number of nitrogens with one attached hydrogen (secondary N) is 1. The van der Waals surface area contributed by atoms with Crippen LogP contribution in [0.15, 0.2) is 30.5 Å². The molecule has 1 N–H and O–H groups in total. The third-order valence-corrected chi connectivity index (χ3v) is 4.42. The average Bonchev–Trinajstić information content (AvgIpc) is 2.68. The zero-order valence-corrected chi connectivity index (χ0v) is 16.2. The fraction of sp³-hybridized carbons (Fsp3) is 0.421. The SMILES string of the molecule is CN(C)c1nc(N2CCCCC2)ncc1NC(=O)c1ccc(OC(F)(F)F)cc1. The molecular formula is C19H22F3N5O2. The van der Waals surface area contributed by atoms with Crippen molar-refractivity contribution < 1.29 is 22.7 Å². The summed E-state index contributed by atoms with van der Waals surface area (Å²) in [7, 11) is 3.61. The molecule has 0 aliphatic carbocycles. The quantitative estimate of drug-likeness (QED) is 0.812. The number of carbonyl (C=O) groups excluding carboxylic acids is 1. The molecule has 1 saturated heterocycles. The standard InChI is InChI=1S/C19H22F3N5O2/c1-26(2)16-15(12-23-18(25-16)27-10-4-3-5-11-27)24-17(28)13-6-8-14(9-7-13)29-19(20,21)22/h6-9,12H,3-5,10-11H2,1-2H3,(H,24,28). The molecule has 1 fully saturated rings. The van der Waals surface area contributed by atoms with Crippen molar-refractivity contribution in [3.05, 3.63) is 36.0 Å². The van der Waals surface area contributed by atoms with Gasteiger partial charge in [-0.2, -0.15) is 4.98 Å². The minimum atomic E-state index is -4.78.